The summed E-state index contributed by atoms with van der Waals surface area (Å²) in [5.41, 5.74) is -0.0195. The predicted molar refractivity (Wildman–Crippen MR) is 134 cm³/mol. The summed E-state index contributed by atoms with van der Waals surface area (Å²) in [5, 5.41) is 17.8. The summed E-state index contributed by atoms with van der Waals surface area (Å²) in [6.45, 7) is -0.0203. The number of fused-ring (bicyclic) bond motifs is 1. The Kier molecular flexibility index (Phi) is 6.02. The molecule has 0 spiro atoms. The third-order valence-electron chi connectivity index (χ3n) is 7.55. The van der Waals surface area contributed by atoms with Crippen LogP contribution in [0.15, 0.2) is 36.4 Å². The van der Waals surface area contributed by atoms with Crippen molar-refractivity contribution >= 4 is 40.7 Å². The van der Waals surface area contributed by atoms with Crippen molar-refractivity contribution in [3.8, 4) is 11.5 Å². The summed E-state index contributed by atoms with van der Waals surface area (Å²) in [4.78, 5) is 27.0. The lowest BCUT2D eigenvalue weighted by molar-refractivity contribution is -0.156. The first-order chi connectivity index (χ1) is 17.6. The summed E-state index contributed by atoms with van der Waals surface area (Å²) >= 11 is 11.8. The molecule has 8 nitrogen and oxygen atoms in total. The normalized spacial score (nSPS) is 28.2. The number of hydrogen-bond donors (Lipinski definition) is 3. The van der Waals surface area contributed by atoms with Crippen LogP contribution in [-0.4, -0.2) is 53.5 Å². The van der Waals surface area contributed by atoms with E-state index >= 15 is 0 Å². The molecular weight excluding hydrogens is 524 g/mol. The lowest BCUT2D eigenvalue weighted by Crippen LogP contribution is -2.85. The van der Waals surface area contributed by atoms with Crippen molar-refractivity contribution in [2.75, 3.05) is 18.1 Å². The second-order valence-electron chi connectivity index (χ2n) is 10.6. The monoisotopic (exact) mass is 549 g/mol. The lowest BCUT2D eigenvalue weighted by Gasteiger charge is -2.71. The maximum atomic E-state index is 13.5. The van der Waals surface area contributed by atoms with Gasteiger partial charge in [-0.3, -0.25) is 14.9 Å². The maximum absolute atomic E-state index is 13.5. The van der Waals surface area contributed by atoms with Gasteiger partial charge in [-0.25, -0.2) is 4.39 Å². The van der Waals surface area contributed by atoms with Crippen LogP contribution in [0.25, 0.3) is 0 Å². The summed E-state index contributed by atoms with van der Waals surface area (Å²) in [7, 11) is 0. The fourth-order valence-corrected chi connectivity index (χ4v) is 6.01. The fourth-order valence-electron chi connectivity index (χ4n) is 5.73. The van der Waals surface area contributed by atoms with Gasteiger partial charge in [-0.2, -0.15) is 0 Å². The molecule has 5 aliphatic rings. The molecule has 2 amide bonds. The van der Waals surface area contributed by atoms with Crippen LogP contribution in [0.3, 0.4) is 0 Å². The van der Waals surface area contributed by atoms with Gasteiger partial charge in [0, 0.05) is 28.1 Å². The number of hydrogen-bond acceptors (Lipinski definition) is 6. The zero-order valence-electron chi connectivity index (χ0n) is 19.8. The molecule has 2 unspecified atom stereocenters. The Morgan fingerprint density at radius 1 is 1.16 bits per heavy atom. The molecule has 196 valence electrons. The number of rotatable bonds is 8. The molecule has 1 heterocycles. The van der Waals surface area contributed by atoms with Gasteiger partial charge in [-0.15, -0.1) is 0 Å². The largest absolute Gasteiger partial charge is 0.484 e. The van der Waals surface area contributed by atoms with Crippen molar-refractivity contribution in [2.24, 2.45) is 5.92 Å². The smallest absolute Gasteiger partial charge is 0.258 e. The molecular formula is C26H26Cl2FN3O5. The van der Waals surface area contributed by atoms with Crippen LogP contribution in [0, 0.1) is 11.7 Å². The minimum Gasteiger partial charge on any atom is -0.484 e. The van der Waals surface area contributed by atoms with E-state index in [0.717, 1.165) is 18.9 Å². The quantitative estimate of drug-likeness (QED) is 0.436. The molecule has 11 heteroatoms. The molecule has 0 radical (unpaired) electrons. The SMILES string of the molecule is O=C(COc1ccc(Cl)c(F)c1)NC12CC(NC(O)C3CN(C(=O)C4CC4)c4cc(Cl)ccc4O3)(C1)C2. The van der Waals surface area contributed by atoms with Crippen molar-refractivity contribution in [2.45, 2.75) is 55.5 Å². The fraction of sp³-hybridized carbons (Fsp3) is 0.462. The van der Waals surface area contributed by atoms with E-state index < -0.39 is 18.1 Å². The Bertz CT molecular complexity index is 1250. The third kappa shape index (κ3) is 4.74. The summed E-state index contributed by atoms with van der Waals surface area (Å²) in [6.07, 6.45) is 2.05. The van der Waals surface area contributed by atoms with Crippen molar-refractivity contribution in [1.29, 1.82) is 0 Å². The van der Waals surface area contributed by atoms with E-state index in [9.17, 15) is 19.1 Å². The van der Waals surface area contributed by atoms with Crippen molar-refractivity contribution in [3.63, 3.8) is 0 Å². The molecule has 1 aliphatic heterocycles. The van der Waals surface area contributed by atoms with Gasteiger partial charge in [-0.1, -0.05) is 23.2 Å². The van der Waals surface area contributed by atoms with Crippen LogP contribution < -0.4 is 25.0 Å². The van der Waals surface area contributed by atoms with Gasteiger partial charge in [0.05, 0.1) is 17.3 Å². The summed E-state index contributed by atoms with van der Waals surface area (Å²) in [6, 6.07) is 9.14. The number of carbonyl (C=O) groups excluding carboxylic acids is 2. The molecule has 0 saturated heterocycles. The van der Waals surface area contributed by atoms with Gasteiger partial charge >= 0.3 is 0 Å². The second-order valence-corrected chi connectivity index (χ2v) is 11.4. The van der Waals surface area contributed by atoms with E-state index in [1.165, 1.54) is 12.1 Å². The number of nitrogens with one attached hydrogen (secondary N) is 2. The number of aliphatic hydroxyl groups excluding tert-OH is 1. The molecule has 0 aromatic heterocycles. The van der Waals surface area contributed by atoms with Crippen LogP contribution in [0.5, 0.6) is 11.5 Å². The van der Waals surface area contributed by atoms with Crippen LogP contribution in [0.2, 0.25) is 10.0 Å². The average molecular weight is 550 g/mol. The van der Waals surface area contributed by atoms with Crippen molar-refractivity contribution in [3.05, 3.63) is 52.3 Å². The van der Waals surface area contributed by atoms with Crippen molar-refractivity contribution in [1.82, 2.24) is 10.6 Å². The summed E-state index contributed by atoms with van der Waals surface area (Å²) in [5.74, 6) is -0.137. The first-order valence-corrected chi connectivity index (χ1v) is 13.0. The Morgan fingerprint density at radius 2 is 1.92 bits per heavy atom. The average Bonchev–Trinajstić information content (AvgIpc) is 3.67. The number of halogens is 3. The molecule has 2 atom stereocenters. The van der Waals surface area contributed by atoms with Gasteiger partial charge in [0.2, 0.25) is 5.91 Å². The van der Waals surface area contributed by atoms with Crippen LogP contribution in [0.1, 0.15) is 32.1 Å². The predicted octanol–water partition coefficient (Wildman–Crippen LogP) is 3.41. The van der Waals surface area contributed by atoms with Gasteiger partial charge in [0.25, 0.3) is 5.91 Å². The second kappa shape index (κ2) is 9.01. The van der Waals surface area contributed by atoms with E-state index in [1.807, 2.05) is 0 Å². The number of benzene rings is 2. The Hall–Kier alpha value is -2.59. The minimum absolute atomic E-state index is 0.0134. The molecule has 4 fully saturated rings. The van der Waals surface area contributed by atoms with Crippen molar-refractivity contribution < 1.29 is 28.6 Å². The van der Waals surface area contributed by atoms with Gasteiger partial charge in [0.15, 0.2) is 12.7 Å². The number of ether oxygens (including phenoxy) is 2. The standard InChI is InChI=1S/C26H26Cl2FN3O5/c27-15-3-6-20-19(7-15)32(24(35)14-1-2-14)9-21(37-20)23(34)31-26-11-25(12-26,13-26)30-22(33)10-36-16-4-5-17(28)18(29)8-16/h3-8,14,21,23,31,34H,1-2,9-13H2,(H,30,33). The molecule has 37 heavy (non-hydrogen) atoms. The first kappa shape index (κ1) is 24.7. The summed E-state index contributed by atoms with van der Waals surface area (Å²) < 4.78 is 25.0. The third-order valence-corrected chi connectivity index (χ3v) is 8.09. The highest BCUT2D eigenvalue weighted by molar-refractivity contribution is 6.31. The van der Waals surface area contributed by atoms with Gasteiger partial charge < -0.3 is 24.8 Å². The molecule has 2 aromatic rings. The minimum atomic E-state index is -1.00. The number of carbonyl (C=O) groups is 2. The molecule has 2 bridgehead atoms. The van der Waals surface area contributed by atoms with Crippen LogP contribution in [-0.2, 0) is 9.59 Å². The van der Waals surface area contributed by atoms with Gasteiger partial charge in [0.1, 0.15) is 23.5 Å². The Balaban J connectivity index is 1.02. The first-order valence-electron chi connectivity index (χ1n) is 12.3. The number of aliphatic hydroxyl groups is 1. The van der Waals surface area contributed by atoms with E-state index in [1.54, 1.807) is 23.1 Å². The highest BCUT2D eigenvalue weighted by Gasteiger charge is 2.69. The number of anilines is 1. The molecule has 3 N–H and O–H groups in total. The van der Waals surface area contributed by atoms with E-state index in [4.69, 9.17) is 32.7 Å². The topological polar surface area (TPSA) is 100 Å². The maximum Gasteiger partial charge on any atom is 0.258 e. The zero-order valence-corrected chi connectivity index (χ0v) is 21.3. The van der Waals surface area contributed by atoms with E-state index in [-0.39, 0.29) is 52.7 Å². The zero-order chi connectivity index (χ0) is 25.9. The Labute approximate surface area is 223 Å². The highest BCUT2D eigenvalue weighted by Crippen LogP contribution is 2.60. The van der Waals surface area contributed by atoms with E-state index in [2.05, 4.69) is 10.6 Å². The molecule has 4 saturated carbocycles. The number of nitrogens with zero attached hydrogens (tertiary/aromatic N) is 1. The lowest BCUT2D eigenvalue weighted by atomic mass is 9.44. The molecule has 2 aromatic carbocycles. The molecule has 7 rings (SSSR count). The Morgan fingerprint density at radius 3 is 2.62 bits per heavy atom. The van der Waals surface area contributed by atoms with Gasteiger partial charge in [-0.05, 0) is 62.4 Å². The highest BCUT2D eigenvalue weighted by atomic mass is 35.5. The van der Waals surface area contributed by atoms with Crippen LogP contribution in [0.4, 0.5) is 10.1 Å². The van der Waals surface area contributed by atoms with E-state index in [0.29, 0.717) is 35.7 Å². The molecule has 4 aliphatic carbocycles. The van der Waals surface area contributed by atoms with Crippen LogP contribution >= 0.6 is 23.2 Å². The number of amides is 2.